The molecule has 0 spiro atoms. The molecule has 3 unspecified atom stereocenters. The number of allylic oxidation sites excluding steroid dienone is 20. The summed E-state index contributed by atoms with van der Waals surface area (Å²) in [5.41, 5.74) is 0. The van der Waals surface area contributed by atoms with Gasteiger partial charge in [-0.2, -0.15) is 0 Å². The van der Waals surface area contributed by atoms with Crippen molar-refractivity contribution in [1.82, 2.24) is 5.32 Å². The van der Waals surface area contributed by atoms with Gasteiger partial charge in [-0.1, -0.05) is 322 Å². The van der Waals surface area contributed by atoms with Gasteiger partial charge in [-0.05, 0) is 89.9 Å². The fourth-order valence-electron chi connectivity index (χ4n) is 9.84. The summed E-state index contributed by atoms with van der Waals surface area (Å²) >= 11 is 0. The van der Waals surface area contributed by atoms with Crippen molar-refractivity contribution < 1.29 is 32.9 Å². The predicted molar refractivity (Wildman–Crippen MR) is 366 cm³/mol. The summed E-state index contributed by atoms with van der Waals surface area (Å²) in [6.07, 6.45) is 95.5. The summed E-state index contributed by atoms with van der Waals surface area (Å²) in [7, 11) is 1.29. The van der Waals surface area contributed by atoms with Crippen LogP contribution in [0.5, 0.6) is 0 Å². The number of hydrogen-bond donors (Lipinski definition) is 2. The number of aliphatic hydroxyl groups is 1. The van der Waals surface area contributed by atoms with Crippen molar-refractivity contribution in [3.63, 3.8) is 0 Å². The van der Waals surface area contributed by atoms with Gasteiger partial charge in [0.15, 0.2) is 0 Å². The molecule has 8 nitrogen and oxygen atoms in total. The molecule has 0 heterocycles. The molecule has 0 aromatic heterocycles. The number of phosphoric ester groups is 1. The summed E-state index contributed by atoms with van der Waals surface area (Å²) in [5, 5.41) is 14.1. The number of hydrogen-bond acceptors (Lipinski definition) is 6. The van der Waals surface area contributed by atoms with Crippen molar-refractivity contribution in [2.75, 3.05) is 40.9 Å². The first-order chi connectivity index (χ1) is 41.0. The Morgan fingerprint density at radius 3 is 1.06 bits per heavy atom. The van der Waals surface area contributed by atoms with Gasteiger partial charge in [0.2, 0.25) is 5.91 Å². The Hall–Kier alpha value is -3.10. The Kier molecular flexibility index (Phi) is 62.0. The minimum atomic E-state index is -4.59. The Morgan fingerprint density at radius 2 is 0.726 bits per heavy atom. The Balaban J connectivity index is 4.11. The lowest BCUT2D eigenvalue weighted by atomic mass is 10.0. The maximum atomic E-state index is 13.1. The molecule has 0 rings (SSSR count). The van der Waals surface area contributed by atoms with Gasteiger partial charge in [0, 0.05) is 6.42 Å². The lowest BCUT2D eigenvalue weighted by Crippen LogP contribution is -2.46. The minimum absolute atomic E-state index is 0.00547. The van der Waals surface area contributed by atoms with E-state index in [1.807, 2.05) is 21.1 Å². The first kappa shape index (κ1) is 80.9. The molecule has 484 valence electrons. The van der Waals surface area contributed by atoms with Crippen molar-refractivity contribution in [1.29, 1.82) is 0 Å². The van der Waals surface area contributed by atoms with Gasteiger partial charge in [0.05, 0.1) is 39.9 Å². The molecule has 0 saturated heterocycles. The second-order valence-electron chi connectivity index (χ2n) is 24.5. The Labute approximate surface area is 520 Å². The first-order valence-electron chi connectivity index (χ1n) is 34.9. The summed E-state index contributed by atoms with van der Waals surface area (Å²) in [5.74, 6) is -0.175. The SMILES string of the molecule is CC/C=C\C/C=C\C/C=C\C/C=C\C/C=C\C/C=C\C/C=C\C/C=C\C/C=C\C/C=C\CCCCCCCCCCC(=O)NC(COP(=O)([O-])OCC[N+](C)(C)C)C(O)CCCCCCCCCCCCCCCCCCCCCCCCC. The zero-order valence-corrected chi connectivity index (χ0v) is 56.2. The Morgan fingerprint density at radius 1 is 0.429 bits per heavy atom. The Bertz CT molecular complexity index is 1780. The quantitative estimate of drug-likeness (QED) is 0.0272. The lowest BCUT2D eigenvalue weighted by molar-refractivity contribution is -0.870. The third kappa shape index (κ3) is 66.4. The highest BCUT2D eigenvalue weighted by molar-refractivity contribution is 7.45. The largest absolute Gasteiger partial charge is 0.756 e. The van der Waals surface area contributed by atoms with E-state index in [0.717, 1.165) is 109 Å². The second-order valence-corrected chi connectivity index (χ2v) is 25.9. The molecule has 0 fully saturated rings. The monoisotopic (exact) mass is 1190 g/mol. The van der Waals surface area contributed by atoms with E-state index >= 15 is 0 Å². The average Bonchev–Trinajstić information content (AvgIpc) is 3.56. The first-order valence-corrected chi connectivity index (χ1v) is 36.3. The minimum Gasteiger partial charge on any atom is -0.756 e. The van der Waals surface area contributed by atoms with Crippen LogP contribution in [0.4, 0.5) is 0 Å². The molecule has 0 aliphatic heterocycles. The van der Waals surface area contributed by atoms with Crippen LogP contribution in [0.2, 0.25) is 0 Å². The fourth-order valence-corrected chi connectivity index (χ4v) is 10.6. The molecule has 0 bridgehead atoms. The van der Waals surface area contributed by atoms with Crippen LogP contribution in [0.3, 0.4) is 0 Å². The molecule has 0 aliphatic carbocycles. The van der Waals surface area contributed by atoms with Crippen LogP contribution in [0, 0.1) is 0 Å². The van der Waals surface area contributed by atoms with Crippen molar-refractivity contribution in [3.05, 3.63) is 122 Å². The van der Waals surface area contributed by atoms with Crippen LogP contribution in [-0.2, 0) is 18.4 Å². The number of aliphatic hydroxyl groups excluding tert-OH is 1. The molecule has 84 heavy (non-hydrogen) atoms. The average molecular weight is 1190 g/mol. The number of carbonyl (C=O) groups is 1. The van der Waals surface area contributed by atoms with Crippen LogP contribution in [0.25, 0.3) is 0 Å². The van der Waals surface area contributed by atoms with E-state index in [4.69, 9.17) is 9.05 Å². The van der Waals surface area contributed by atoms with Gasteiger partial charge < -0.3 is 28.8 Å². The van der Waals surface area contributed by atoms with E-state index in [1.165, 1.54) is 161 Å². The molecular formula is C75H133N2O6P. The van der Waals surface area contributed by atoms with E-state index in [-0.39, 0.29) is 19.1 Å². The van der Waals surface area contributed by atoms with E-state index in [0.29, 0.717) is 23.9 Å². The molecule has 0 saturated carbocycles. The van der Waals surface area contributed by atoms with Gasteiger partial charge in [0.25, 0.3) is 7.82 Å². The standard InChI is InChI=1S/C75H133N2O6P/c1-6-8-10-12-14-16-18-20-22-24-26-28-30-31-32-33-34-35-36-37-38-39-40-41-42-43-44-45-47-49-51-53-55-57-59-61-63-65-67-69-75(79)76-73(72-83-84(80,81)82-71-70-77(3,4)5)74(78)68-66-64-62-60-58-56-54-52-50-48-46-29-27-25-23-21-19-17-15-13-11-9-7-2/h8,10,14,16,20,22,26,28,31-32,34-35,37-38,40-41,43-44,47,49,73-74,78H,6-7,9,11-13,15,17-19,21,23-25,27,29-30,33,36,39,42,45-46,48,50-72H2,1-5H3,(H-,76,79,80,81)/b10-8-,16-14-,22-20-,28-26-,32-31-,35-34-,38-37-,41-40-,44-43-,49-47-. The van der Waals surface area contributed by atoms with Crippen LogP contribution >= 0.6 is 7.82 Å². The molecule has 0 aliphatic rings. The number of nitrogens with zero attached hydrogens (tertiary/aromatic N) is 1. The van der Waals surface area contributed by atoms with Crippen molar-refractivity contribution in [2.24, 2.45) is 0 Å². The van der Waals surface area contributed by atoms with E-state index in [9.17, 15) is 19.4 Å². The summed E-state index contributed by atoms with van der Waals surface area (Å²) in [6, 6.07) is -0.815. The van der Waals surface area contributed by atoms with Crippen LogP contribution in [0.15, 0.2) is 122 Å². The molecule has 0 radical (unpaired) electrons. The number of phosphoric acid groups is 1. The zero-order chi connectivity index (χ0) is 61.2. The summed E-state index contributed by atoms with van der Waals surface area (Å²) in [6.45, 7) is 4.62. The van der Waals surface area contributed by atoms with Gasteiger partial charge >= 0.3 is 0 Å². The highest BCUT2D eigenvalue weighted by Crippen LogP contribution is 2.38. The zero-order valence-electron chi connectivity index (χ0n) is 55.3. The molecule has 0 aromatic rings. The molecule has 3 atom stereocenters. The molecule has 1 amide bonds. The smallest absolute Gasteiger partial charge is 0.268 e. The van der Waals surface area contributed by atoms with Crippen molar-refractivity contribution in [2.45, 2.75) is 309 Å². The maximum absolute atomic E-state index is 13.1. The highest BCUT2D eigenvalue weighted by Gasteiger charge is 2.24. The normalized spacial score (nSPS) is 14.4. The van der Waals surface area contributed by atoms with Crippen LogP contribution < -0.4 is 10.2 Å². The molecule has 9 heteroatoms. The molecular weight excluding hydrogens is 1060 g/mol. The third-order valence-electron chi connectivity index (χ3n) is 15.2. The van der Waals surface area contributed by atoms with Gasteiger partial charge in [-0.3, -0.25) is 9.36 Å². The van der Waals surface area contributed by atoms with Gasteiger partial charge in [-0.15, -0.1) is 0 Å². The van der Waals surface area contributed by atoms with Gasteiger partial charge in [-0.25, -0.2) is 0 Å². The van der Waals surface area contributed by atoms with Crippen molar-refractivity contribution in [3.8, 4) is 0 Å². The van der Waals surface area contributed by atoms with E-state index < -0.39 is 20.0 Å². The number of carbonyl (C=O) groups excluding carboxylic acids is 1. The number of unbranched alkanes of at least 4 members (excludes halogenated alkanes) is 30. The third-order valence-corrected chi connectivity index (χ3v) is 16.2. The van der Waals surface area contributed by atoms with E-state index in [2.05, 4.69) is 141 Å². The van der Waals surface area contributed by atoms with E-state index in [1.54, 1.807) is 0 Å². The lowest BCUT2D eigenvalue weighted by Gasteiger charge is -2.30. The predicted octanol–water partition coefficient (Wildman–Crippen LogP) is 21.8. The summed E-state index contributed by atoms with van der Waals surface area (Å²) in [4.78, 5) is 25.7. The van der Waals surface area contributed by atoms with Gasteiger partial charge in [0.1, 0.15) is 13.2 Å². The topological polar surface area (TPSA) is 108 Å². The number of rotatable bonds is 63. The summed E-state index contributed by atoms with van der Waals surface area (Å²) < 4.78 is 23.5. The number of nitrogens with one attached hydrogen (secondary N) is 1. The van der Waals surface area contributed by atoms with Crippen molar-refractivity contribution >= 4 is 13.7 Å². The number of amides is 1. The second kappa shape index (κ2) is 64.4. The van der Waals surface area contributed by atoms with Crippen LogP contribution in [0.1, 0.15) is 296 Å². The van der Waals surface area contributed by atoms with Crippen LogP contribution in [-0.4, -0.2) is 68.5 Å². The molecule has 0 aromatic carbocycles. The fraction of sp³-hybridized carbons (Fsp3) is 0.720. The molecule has 2 N–H and O–H groups in total. The number of quaternary nitrogens is 1. The highest BCUT2D eigenvalue weighted by atomic mass is 31.2. The maximum Gasteiger partial charge on any atom is 0.268 e. The number of likely N-dealkylation sites (N-methyl/N-ethyl adjacent to an activating group) is 1.